The van der Waals surface area contributed by atoms with Gasteiger partial charge >= 0.3 is 0 Å². The Hall–Kier alpha value is -1.68. The zero-order valence-corrected chi connectivity index (χ0v) is 11.8. The van der Waals surface area contributed by atoms with Gasteiger partial charge in [-0.15, -0.1) is 5.10 Å². The largest absolute Gasteiger partial charge is 0.476 e. The smallest absolute Gasteiger partial charge is 0.241 e. The molecular weight excluding hydrogens is 238 g/mol. The Kier molecular flexibility index (Phi) is 4.68. The summed E-state index contributed by atoms with van der Waals surface area (Å²) in [6.07, 6.45) is 0.960. The fourth-order valence-electron chi connectivity index (χ4n) is 1.95. The number of ether oxygens (including phenoxy) is 1. The van der Waals surface area contributed by atoms with Crippen molar-refractivity contribution in [3.63, 3.8) is 0 Å². The highest BCUT2D eigenvalue weighted by atomic mass is 16.5. The molecule has 0 spiro atoms. The summed E-state index contributed by atoms with van der Waals surface area (Å²) in [5.74, 6) is 0.630. The molecule has 2 rings (SSSR count). The van der Waals surface area contributed by atoms with E-state index in [1.807, 2.05) is 31.2 Å². The molecule has 0 fully saturated rings. The van der Waals surface area contributed by atoms with E-state index in [2.05, 4.69) is 29.4 Å². The van der Waals surface area contributed by atoms with Gasteiger partial charge in [0.25, 0.3) is 0 Å². The van der Waals surface area contributed by atoms with Crippen LogP contribution < -0.4 is 10.1 Å². The van der Waals surface area contributed by atoms with E-state index in [0.29, 0.717) is 18.5 Å². The van der Waals surface area contributed by atoms with Crippen molar-refractivity contribution in [3.05, 3.63) is 30.0 Å². The molecule has 0 unspecified atom stereocenters. The molecule has 0 saturated carbocycles. The van der Waals surface area contributed by atoms with Crippen LogP contribution in [0.5, 0.6) is 5.88 Å². The Morgan fingerprint density at radius 3 is 2.63 bits per heavy atom. The van der Waals surface area contributed by atoms with Crippen LogP contribution in [-0.2, 0) is 0 Å². The minimum atomic E-state index is 0.514. The third-order valence-electron chi connectivity index (χ3n) is 2.95. The molecule has 0 aliphatic carbocycles. The molecule has 1 aromatic carbocycles. The quantitative estimate of drug-likeness (QED) is 0.810. The van der Waals surface area contributed by atoms with Gasteiger partial charge in [-0.05, 0) is 26.0 Å². The highest BCUT2D eigenvalue weighted by Crippen LogP contribution is 2.23. The minimum absolute atomic E-state index is 0.514. The van der Waals surface area contributed by atoms with E-state index in [-0.39, 0.29) is 0 Å². The summed E-state index contributed by atoms with van der Waals surface area (Å²) in [6.45, 7) is 7.85. The molecule has 19 heavy (non-hydrogen) atoms. The predicted molar refractivity (Wildman–Crippen MR) is 77.5 cm³/mol. The maximum absolute atomic E-state index is 5.74. The molecule has 4 heteroatoms. The lowest BCUT2D eigenvalue weighted by Crippen LogP contribution is -2.24. The Balaban J connectivity index is 1.99. The number of benzene rings is 1. The van der Waals surface area contributed by atoms with Crippen molar-refractivity contribution in [2.24, 2.45) is 0 Å². The van der Waals surface area contributed by atoms with Crippen molar-refractivity contribution >= 4 is 10.8 Å². The molecule has 1 heterocycles. The summed E-state index contributed by atoms with van der Waals surface area (Å²) >= 11 is 0. The standard InChI is InChI=1S/C15H21N3O/c1-11(2)16-9-6-10-19-15-14-8-5-4-7-13(14)12(3)17-18-15/h4-5,7-8,11,16H,6,9-10H2,1-3H3. The fourth-order valence-corrected chi connectivity index (χ4v) is 1.95. The fraction of sp³-hybridized carbons (Fsp3) is 0.467. The molecule has 102 valence electrons. The van der Waals surface area contributed by atoms with Crippen LogP contribution in [0, 0.1) is 6.92 Å². The van der Waals surface area contributed by atoms with Gasteiger partial charge in [-0.25, -0.2) is 0 Å². The second-order valence-corrected chi connectivity index (χ2v) is 4.95. The number of nitrogens with zero attached hydrogens (tertiary/aromatic N) is 2. The zero-order valence-electron chi connectivity index (χ0n) is 11.8. The van der Waals surface area contributed by atoms with Crippen LogP contribution in [0.2, 0.25) is 0 Å². The average molecular weight is 259 g/mol. The summed E-state index contributed by atoms with van der Waals surface area (Å²) in [4.78, 5) is 0. The summed E-state index contributed by atoms with van der Waals surface area (Å²) in [6, 6.07) is 8.59. The number of fused-ring (bicyclic) bond motifs is 1. The van der Waals surface area contributed by atoms with Crippen LogP contribution in [0.1, 0.15) is 26.0 Å². The third kappa shape index (κ3) is 3.64. The molecule has 0 radical (unpaired) electrons. The van der Waals surface area contributed by atoms with Crippen molar-refractivity contribution in [1.82, 2.24) is 15.5 Å². The van der Waals surface area contributed by atoms with Crippen LogP contribution in [-0.4, -0.2) is 29.4 Å². The second kappa shape index (κ2) is 6.48. The van der Waals surface area contributed by atoms with Crippen LogP contribution in [0.3, 0.4) is 0 Å². The lowest BCUT2D eigenvalue weighted by molar-refractivity contribution is 0.295. The lowest BCUT2D eigenvalue weighted by Gasteiger charge is -2.10. The summed E-state index contributed by atoms with van der Waals surface area (Å²) in [7, 11) is 0. The van der Waals surface area contributed by atoms with Gasteiger partial charge < -0.3 is 10.1 Å². The maximum atomic E-state index is 5.74. The zero-order chi connectivity index (χ0) is 13.7. The molecular formula is C15H21N3O. The average Bonchev–Trinajstić information content (AvgIpc) is 2.41. The highest BCUT2D eigenvalue weighted by molar-refractivity contribution is 5.88. The Morgan fingerprint density at radius 2 is 1.89 bits per heavy atom. The van der Waals surface area contributed by atoms with Crippen molar-refractivity contribution in [1.29, 1.82) is 0 Å². The summed E-state index contributed by atoms with van der Waals surface area (Å²) in [5, 5.41) is 13.8. The molecule has 0 saturated heterocycles. The predicted octanol–water partition coefficient (Wildman–Crippen LogP) is 2.71. The lowest BCUT2D eigenvalue weighted by atomic mass is 10.1. The van der Waals surface area contributed by atoms with Gasteiger partial charge in [-0.2, -0.15) is 5.10 Å². The Morgan fingerprint density at radius 1 is 1.16 bits per heavy atom. The molecule has 0 aliphatic rings. The molecule has 0 bridgehead atoms. The van der Waals surface area contributed by atoms with Gasteiger partial charge in [-0.1, -0.05) is 32.0 Å². The first kappa shape index (κ1) is 13.7. The third-order valence-corrected chi connectivity index (χ3v) is 2.95. The van der Waals surface area contributed by atoms with Crippen molar-refractivity contribution < 1.29 is 4.74 Å². The van der Waals surface area contributed by atoms with E-state index in [9.17, 15) is 0 Å². The molecule has 0 aliphatic heterocycles. The number of hydrogen-bond acceptors (Lipinski definition) is 4. The SMILES string of the molecule is Cc1nnc(OCCCNC(C)C)c2ccccc12. The number of rotatable bonds is 6. The molecule has 2 aromatic rings. The first-order chi connectivity index (χ1) is 9.18. The normalized spacial score (nSPS) is 11.2. The van der Waals surface area contributed by atoms with E-state index in [4.69, 9.17) is 4.74 Å². The molecule has 1 N–H and O–H groups in total. The van der Waals surface area contributed by atoms with E-state index in [0.717, 1.165) is 29.4 Å². The number of aryl methyl sites for hydroxylation is 1. The topological polar surface area (TPSA) is 47.0 Å². The van der Waals surface area contributed by atoms with E-state index >= 15 is 0 Å². The number of aromatic nitrogens is 2. The molecule has 1 aromatic heterocycles. The second-order valence-electron chi connectivity index (χ2n) is 4.95. The Bertz CT molecular complexity index is 540. The van der Waals surface area contributed by atoms with Gasteiger partial charge in [-0.3, -0.25) is 0 Å². The van der Waals surface area contributed by atoms with Crippen LogP contribution in [0.25, 0.3) is 10.8 Å². The van der Waals surface area contributed by atoms with Crippen LogP contribution in [0.4, 0.5) is 0 Å². The Labute approximate surface area is 114 Å². The minimum Gasteiger partial charge on any atom is -0.476 e. The van der Waals surface area contributed by atoms with Gasteiger partial charge in [0.1, 0.15) is 0 Å². The number of nitrogens with one attached hydrogen (secondary N) is 1. The van der Waals surface area contributed by atoms with Crippen LogP contribution in [0.15, 0.2) is 24.3 Å². The van der Waals surface area contributed by atoms with E-state index in [1.165, 1.54) is 0 Å². The summed E-state index contributed by atoms with van der Waals surface area (Å²) < 4.78 is 5.74. The first-order valence-corrected chi connectivity index (χ1v) is 6.76. The van der Waals surface area contributed by atoms with Gasteiger partial charge in [0, 0.05) is 16.8 Å². The molecule has 0 amide bonds. The number of hydrogen-bond donors (Lipinski definition) is 1. The van der Waals surface area contributed by atoms with Gasteiger partial charge in [0.05, 0.1) is 12.3 Å². The van der Waals surface area contributed by atoms with Crippen molar-refractivity contribution in [2.75, 3.05) is 13.2 Å². The summed E-state index contributed by atoms with van der Waals surface area (Å²) in [5.41, 5.74) is 0.935. The van der Waals surface area contributed by atoms with Crippen LogP contribution >= 0.6 is 0 Å². The van der Waals surface area contributed by atoms with Gasteiger partial charge in [0.2, 0.25) is 5.88 Å². The van der Waals surface area contributed by atoms with Crippen molar-refractivity contribution in [2.45, 2.75) is 33.2 Å². The van der Waals surface area contributed by atoms with Crippen molar-refractivity contribution in [3.8, 4) is 5.88 Å². The molecule has 4 nitrogen and oxygen atoms in total. The molecule has 0 atom stereocenters. The maximum Gasteiger partial charge on any atom is 0.241 e. The highest BCUT2D eigenvalue weighted by Gasteiger charge is 2.06. The monoisotopic (exact) mass is 259 g/mol. The first-order valence-electron chi connectivity index (χ1n) is 6.76. The van der Waals surface area contributed by atoms with E-state index in [1.54, 1.807) is 0 Å². The van der Waals surface area contributed by atoms with E-state index < -0.39 is 0 Å². The van der Waals surface area contributed by atoms with Gasteiger partial charge in [0.15, 0.2) is 0 Å².